The van der Waals surface area contributed by atoms with Crippen LogP contribution < -0.4 is 9.62 Å². The van der Waals surface area contributed by atoms with Gasteiger partial charge in [0.25, 0.3) is 0 Å². The van der Waals surface area contributed by atoms with Gasteiger partial charge in [0.1, 0.15) is 18.4 Å². The Labute approximate surface area is 236 Å². The Balaban J connectivity index is 2.09. The molecule has 1 N–H and O–H groups in total. The van der Waals surface area contributed by atoms with Crippen LogP contribution in [0.3, 0.4) is 0 Å². The Morgan fingerprint density at radius 3 is 2.15 bits per heavy atom. The van der Waals surface area contributed by atoms with Gasteiger partial charge in [-0.15, -0.1) is 0 Å². The van der Waals surface area contributed by atoms with E-state index in [1.54, 1.807) is 50.2 Å². The van der Waals surface area contributed by atoms with Gasteiger partial charge < -0.3 is 10.2 Å². The van der Waals surface area contributed by atoms with Crippen molar-refractivity contribution < 1.29 is 35.6 Å². The number of carbonyl (C=O) groups excluding carboxylic acids is 2. The van der Waals surface area contributed by atoms with Crippen LogP contribution >= 0.6 is 0 Å². The number of hydrogen-bond acceptors (Lipinski definition) is 4. The van der Waals surface area contributed by atoms with Gasteiger partial charge in [0.05, 0.1) is 17.5 Å². The van der Waals surface area contributed by atoms with Crippen molar-refractivity contribution in [2.45, 2.75) is 45.1 Å². The van der Waals surface area contributed by atoms with E-state index in [2.05, 4.69) is 5.32 Å². The molecule has 0 aliphatic rings. The Kier molecular flexibility index (Phi) is 10.1. The first-order valence-electron chi connectivity index (χ1n) is 12.7. The van der Waals surface area contributed by atoms with Gasteiger partial charge in [-0.2, -0.15) is 13.2 Å². The van der Waals surface area contributed by atoms with E-state index in [1.807, 2.05) is 0 Å². The zero-order valence-corrected chi connectivity index (χ0v) is 23.5. The van der Waals surface area contributed by atoms with Crippen LogP contribution in [0.5, 0.6) is 0 Å². The number of sulfonamides is 1. The van der Waals surface area contributed by atoms with Gasteiger partial charge in [-0.25, -0.2) is 12.8 Å². The Hall–Kier alpha value is -3.93. The van der Waals surface area contributed by atoms with Crippen molar-refractivity contribution >= 4 is 27.5 Å². The highest BCUT2D eigenvalue weighted by Crippen LogP contribution is 2.32. The predicted molar refractivity (Wildman–Crippen MR) is 148 cm³/mol. The fraction of sp³-hybridized carbons (Fsp3) is 0.310. The minimum absolute atomic E-state index is 0.0159. The summed E-state index contributed by atoms with van der Waals surface area (Å²) in [5.74, 6) is -2.11. The van der Waals surface area contributed by atoms with Crippen LogP contribution in [0.2, 0.25) is 0 Å². The Morgan fingerprint density at radius 1 is 0.927 bits per heavy atom. The highest BCUT2D eigenvalue weighted by Gasteiger charge is 2.35. The lowest BCUT2D eigenvalue weighted by Gasteiger charge is -2.34. The maximum atomic E-state index is 14.7. The second-order valence-electron chi connectivity index (χ2n) is 9.80. The molecular formula is C29H31F4N3O4S. The summed E-state index contributed by atoms with van der Waals surface area (Å²) in [5, 5.41) is 2.75. The van der Waals surface area contributed by atoms with Gasteiger partial charge in [0, 0.05) is 24.6 Å². The minimum Gasteiger partial charge on any atom is -0.352 e. The number of alkyl halides is 3. The fourth-order valence-electron chi connectivity index (χ4n) is 4.20. The van der Waals surface area contributed by atoms with Crippen LogP contribution in [-0.2, 0) is 38.8 Å². The molecule has 12 heteroatoms. The van der Waals surface area contributed by atoms with Crippen LogP contribution in [0.1, 0.15) is 30.5 Å². The SMILES string of the molecule is CC(C)NC(=O)C(Cc1ccccc1)N(Cc1ccccc1F)C(=O)CN(c1cccc(C(F)(F)F)c1)S(C)(=O)=O. The summed E-state index contributed by atoms with van der Waals surface area (Å²) in [4.78, 5) is 28.4. The lowest BCUT2D eigenvalue weighted by Crippen LogP contribution is -2.54. The summed E-state index contributed by atoms with van der Waals surface area (Å²) in [5.41, 5.74) is -0.729. The van der Waals surface area contributed by atoms with Gasteiger partial charge in [0.15, 0.2) is 0 Å². The monoisotopic (exact) mass is 593 g/mol. The summed E-state index contributed by atoms with van der Waals surface area (Å²) < 4.78 is 80.9. The van der Waals surface area contributed by atoms with E-state index in [-0.39, 0.29) is 23.7 Å². The molecule has 1 atom stereocenters. The van der Waals surface area contributed by atoms with Gasteiger partial charge in [-0.1, -0.05) is 54.6 Å². The molecule has 41 heavy (non-hydrogen) atoms. The number of benzene rings is 3. The number of rotatable bonds is 11. The molecule has 0 spiro atoms. The third kappa shape index (κ3) is 8.78. The van der Waals surface area contributed by atoms with Gasteiger partial charge in [0.2, 0.25) is 21.8 Å². The first kappa shape index (κ1) is 31.6. The summed E-state index contributed by atoms with van der Waals surface area (Å²) in [6, 6.07) is 16.4. The maximum Gasteiger partial charge on any atom is 0.416 e. The molecule has 0 aromatic heterocycles. The van der Waals surface area contributed by atoms with Crippen LogP contribution in [-0.4, -0.2) is 50.0 Å². The van der Waals surface area contributed by atoms with Crippen molar-refractivity contribution in [3.63, 3.8) is 0 Å². The molecule has 0 saturated heterocycles. The average molecular weight is 594 g/mol. The largest absolute Gasteiger partial charge is 0.416 e. The number of halogens is 4. The smallest absolute Gasteiger partial charge is 0.352 e. The van der Waals surface area contributed by atoms with Crippen molar-refractivity contribution in [2.24, 2.45) is 0 Å². The molecule has 3 aromatic rings. The van der Waals surface area contributed by atoms with E-state index in [4.69, 9.17) is 0 Å². The molecule has 2 amide bonds. The van der Waals surface area contributed by atoms with E-state index < -0.39 is 58.5 Å². The first-order valence-corrected chi connectivity index (χ1v) is 14.5. The van der Waals surface area contributed by atoms with Crippen molar-refractivity contribution in [2.75, 3.05) is 17.1 Å². The van der Waals surface area contributed by atoms with E-state index in [0.717, 1.165) is 29.4 Å². The third-order valence-electron chi connectivity index (χ3n) is 6.14. The lowest BCUT2D eigenvalue weighted by molar-refractivity contribution is -0.140. The van der Waals surface area contributed by atoms with Gasteiger partial charge in [-0.3, -0.25) is 13.9 Å². The van der Waals surface area contributed by atoms with E-state index in [0.29, 0.717) is 15.9 Å². The van der Waals surface area contributed by atoms with Gasteiger partial charge >= 0.3 is 6.18 Å². The first-order chi connectivity index (χ1) is 19.2. The molecule has 0 bridgehead atoms. The number of hydrogen-bond donors (Lipinski definition) is 1. The number of carbonyl (C=O) groups is 2. The molecule has 3 rings (SSSR count). The molecule has 0 saturated carbocycles. The number of nitrogens with one attached hydrogen (secondary N) is 1. The van der Waals surface area contributed by atoms with E-state index in [9.17, 15) is 35.6 Å². The molecular weight excluding hydrogens is 562 g/mol. The molecule has 1 unspecified atom stereocenters. The van der Waals surface area contributed by atoms with Crippen molar-refractivity contribution in [3.05, 3.63) is 101 Å². The second-order valence-corrected chi connectivity index (χ2v) is 11.7. The molecule has 0 heterocycles. The van der Waals surface area contributed by atoms with Crippen molar-refractivity contribution in [3.8, 4) is 0 Å². The molecule has 3 aromatic carbocycles. The predicted octanol–water partition coefficient (Wildman–Crippen LogP) is 4.78. The average Bonchev–Trinajstić information content (AvgIpc) is 2.89. The quantitative estimate of drug-likeness (QED) is 0.325. The Bertz CT molecular complexity index is 1460. The van der Waals surface area contributed by atoms with E-state index >= 15 is 0 Å². The third-order valence-corrected chi connectivity index (χ3v) is 7.28. The molecule has 0 fully saturated rings. The highest BCUT2D eigenvalue weighted by molar-refractivity contribution is 7.92. The standard InChI is InChI=1S/C29H31F4N3O4S/c1-20(2)34-28(38)26(16-21-10-5-4-6-11-21)35(18-22-12-7-8-15-25(22)30)27(37)19-36(41(3,39)40)24-14-9-13-23(17-24)29(31,32)33/h4-15,17,20,26H,16,18-19H2,1-3H3,(H,34,38). The molecule has 0 aliphatic heterocycles. The topological polar surface area (TPSA) is 86.8 Å². The summed E-state index contributed by atoms with van der Waals surface area (Å²) in [7, 11) is -4.27. The zero-order valence-electron chi connectivity index (χ0n) is 22.7. The Morgan fingerprint density at radius 2 is 1.56 bits per heavy atom. The highest BCUT2D eigenvalue weighted by atomic mass is 32.2. The molecule has 7 nitrogen and oxygen atoms in total. The normalized spacial score (nSPS) is 12.6. The molecule has 0 aliphatic carbocycles. The molecule has 0 radical (unpaired) electrons. The minimum atomic E-state index is -4.75. The van der Waals surface area contributed by atoms with Crippen LogP contribution in [0.4, 0.5) is 23.2 Å². The van der Waals surface area contributed by atoms with Crippen molar-refractivity contribution in [1.29, 1.82) is 0 Å². The van der Waals surface area contributed by atoms with Crippen LogP contribution in [0.25, 0.3) is 0 Å². The number of anilines is 1. The van der Waals surface area contributed by atoms with Crippen LogP contribution in [0, 0.1) is 5.82 Å². The van der Waals surface area contributed by atoms with E-state index in [1.165, 1.54) is 18.2 Å². The molecule has 220 valence electrons. The second kappa shape index (κ2) is 13.2. The number of amides is 2. The fourth-order valence-corrected chi connectivity index (χ4v) is 5.04. The maximum absolute atomic E-state index is 14.7. The van der Waals surface area contributed by atoms with Crippen LogP contribution in [0.15, 0.2) is 78.9 Å². The van der Waals surface area contributed by atoms with Crippen molar-refractivity contribution in [1.82, 2.24) is 10.2 Å². The summed E-state index contributed by atoms with van der Waals surface area (Å²) in [6.07, 6.45) is -3.98. The summed E-state index contributed by atoms with van der Waals surface area (Å²) in [6.45, 7) is 2.13. The summed E-state index contributed by atoms with van der Waals surface area (Å²) >= 11 is 0. The van der Waals surface area contributed by atoms with Gasteiger partial charge in [-0.05, 0) is 43.7 Å². The number of nitrogens with zero attached hydrogens (tertiary/aromatic N) is 2. The lowest BCUT2D eigenvalue weighted by atomic mass is 10.0. The zero-order chi connectivity index (χ0) is 30.4.